The number of hydrogen-bond acceptors (Lipinski definition) is 12. The highest BCUT2D eigenvalue weighted by molar-refractivity contribution is 7.86. The van der Waals surface area contributed by atoms with E-state index < -0.39 is 73.7 Å². The molecule has 0 aliphatic carbocycles. The molecule has 0 saturated heterocycles. The lowest BCUT2D eigenvalue weighted by Crippen LogP contribution is -2.30. The number of rotatable bonds is 17. The maximum Gasteiger partial charge on any atom is 0.303 e. The molecule has 2 aliphatic rings. The van der Waals surface area contributed by atoms with E-state index in [4.69, 9.17) is 0 Å². The van der Waals surface area contributed by atoms with Gasteiger partial charge in [-0.2, -0.15) is 21.4 Å². The van der Waals surface area contributed by atoms with Gasteiger partial charge in [-0.25, -0.2) is 16.8 Å². The van der Waals surface area contributed by atoms with Gasteiger partial charge in [0.05, 0.1) is 35.4 Å². The van der Waals surface area contributed by atoms with Gasteiger partial charge in [0.1, 0.15) is 6.54 Å². The van der Waals surface area contributed by atoms with Crippen LogP contribution in [0.15, 0.2) is 70.1 Å². The molecule has 0 radical (unpaired) electrons. The zero-order valence-electron chi connectivity index (χ0n) is 29.1. The molecule has 20 heteroatoms. The summed E-state index contributed by atoms with van der Waals surface area (Å²) in [6, 6.07) is 7.90. The monoisotopic (exact) mass is 817 g/mol. The first kappa shape index (κ1) is 42.2. The van der Waals surface area contributed by atoms with Gasteiger partial charge in [-0.15, -0.1) is 0 Å². The van der Waals surface area contributed by atoms with Crippen LogP contribution in [0.5, 0.6) is 0 Å². The fourth-order valence-corrected chi connectivity index (χ4v) is 9.01. The quantitative estimate of drug-likeness (QED) is 0.117. The van der Waals surface area contributed by atoms with E-state index in [0.29, 0.717) is 46.8 Å². The minimum absolute atomic E-state index is 0.00575. The number of unbranched alkanes of at least 4 members (excludes halogenated alkanes) is 1. The Morgan fingerprint density at radius 2 is 1.38 bits per heavy atom. The summed E-state index contributed by atoms with van der Waals surface area (Å²) in [4.78, 5) is 12.2. The molecular formula is C33H41N2O14S4-. The molecule has 2 aromatic rings. The maximum absolute atomic E-state index is 12.2. The van der Waals surface area contributed by atoms with Gasteiger partial charge >= 0.3 is 5.97 Å². The zero-order chi connectivity index (χ0) is 39.8. The minimum Gasteiger partial charge on any atom is -0.748 e. The number of aliphatic carboxylic acids is 1. The Morgan fingerprint density at radius 3 is 1.94 bits per heavy atom. The van der Waals surface area contributed by atoms with E-state index in [1.165, 1.54) is 36.4 Å². The van der Waals surface area contributed by atoms with Crippen molar-refractivity contribution in [1.82, 2.24) is 0 Å². The van der Waals surface area contributed by atoms with Crippen LogP contribution in [-0.2, 0) is 56.1 Å². The fraction of sp³-hybridized carbons (Fsp3) is 0.455. The van der Waals surface area contributed by atoms with Crippen molar-refractivity contribution in [1.29, 1.82) is 0 Å². The number of carboxylic acids is 1. The molecular weight excluding hydrogens is 777 g/mol. The lowest BCUT2D eigenvalue weighted by atomic mass is 9.77. The summed E-state index contributed by atoms with van der Waals surface area (Å²) in [5, 5.41) is 9.22. The molecule has 16 nitrogen and oxygen atoms in total. The molecule has 1 unspecified atom stereocenters. The summed E-state index contributed by atoms with van der Waals surface area (Å²) >= 11 is 0. The van der Waals surface area contributed by atoms with Crippen molar-refractivity contribution < 1.29 is 66.4 Å². The van der Waals surface area contributed by atoms with Crippen molar-refractivity contribution in [3.63, 3.8) is 0 Å². The Hall–Kier alpha value is -3.50. The topological polar surface area (TPSA) is 267 Å². The third kappa shape index (κ3) is 9.98. The van der Waals surface area contributed by atoms with Crippen molar-refractivity contribution in [2.24, 2.45) is 0 Å². The van der Waals surface area contributed by atoms with Crippen molar-refractivity contribution in [2.75, 3.05) is 29.5 Å². The van der Waals surface area contributed by atoms with Gasteiger partial charge in [0.2, 0.25) is 5.69 Å². The molecule has 0 bridgehead atoms. The molecule has 0 fully saturated rings. The Kier molecular flexibility index (Phi) is 12.2. The van der Waals surface area contributed by atoms with Crippen molar-refractivity contribution >= 4 is 63.5 Å². The highest BCUT2D eigenvalue weighted by Crippen LogP contribution is 2.51. The first-order valence-corrected chi connectivity index (χ1v) is 22.4. The fourth-order valence-electron chi connectivity index (χ4n) is 7.04. The summed E-state index contributed by atoms with van der Waals surface area (Å²) < 4.78 is 138. The molecule has 292 valence electrons. The molecule has 1 atom stereocenters. The molecule has 0 saturated carbocycles. The van der Waals surface area contributed by atoms with Crippen molar-refractivity contribution in [3.8, 4) is 0 Å². The Morgan fingerprint density at radius 1 is 0.811 bits per heavy atom. The standard InChI is InChI=1S/C33H42N2O14S4/c1-32(2)25-21-23(52(44,45)46)12-14-27(25)34(17-7-19-50(38,39)40)29(32)9-6-10-30-33(3,16-5-4-11-31(36)37)26-22-24(53(47,48)49)13-15-28(26)35(30)18-8-20-51(41,42)43/h6,9-10,12-15,21-22H,4-5,7-8,11,16-20H2,1-3H3,(H4-,36,37,38,39,40,41,42,43,44,45,46,47,48,49)/p-1. The summed E-state index contributed by atoms with van der Waals surface area (Å²) in [5.74, 6) is -2.36. The third-order valence-corrected chi connectivity index (χ3v) is 12.8. The summed E-state index contributed by atoms with van der Waals surface area (Å²) in [5.41, 5.74) is 1.03. The Balaban J connectivity index is 1.89. The average Bonchev–Trinajstić information content (AvgIpc) is 3.36. The number of carboxylic acid groups (broad SMARTS) is 1. The maximum atomic E-state index is 12.2. The molecule has 0 spiro atoms. The molecule has 53 heavy (non-hydrogen) atoms. The van der Waals surface area contributed by atoms with Gasteiger partial charge < -0.3 is 19.1 Å². The average molecular weight is 818 g/mol. The molecule has 3 N–H and O–H groups in total. The lowest BCUT2D eigenvalue weighted by molar-refractivity contribution is -0.437. The molecule has 2 aliphatic heterocycles. The Labute approximate surface area is 309 Å². The minimum atomic E-state index is -4.65. The van der Waals surface area contributed by atoms with Gasteiger partial charge in [0.15, 0.2) is 5.71 Å². The highest BCUT2D eigenvalue weighted by atomic mass is 32.2. The van der Waals surface area contributed by atoms with Crippen LogP contribution in [0.3, 0.4) is 0 Å². The number of anilines is 1. The lowest BCUT2D eigenvalue weighted by Gasteiger charge is -2.30. The number of fused-ring (bicyclic) bond motifs is 2. The second kappa shape index (κ2) is 15.3. The first-order chi connectivity index (χ1) is 24.3. The number of nitrogens with zero attached hydrogens (tertiary/aromatic N) is 2. The molecule has 4 rings (SSSR count). The van der Waals surface area contributed by atoms with E-state index in [0.717, 1.165) is 0 Å². The van der Waals surface area contributed by atoms with Crippen LogP contribution < -0.4 is 4.90 Å². The van der Waals surface area contributed by atoms with Gasteiger partial charge in [0.25, 0.3) is 20.2 Å². The highest BCUT2D eigenvalue weighted by Gasteiger charge is 2.46. The van der Waals surface area contributed by atoms with E-state index in [-0.39, 0.29) is 43.7 Å². The SMILES string of the molecule is CC1(C)C(C=CC=C2N(CCCS(=O)(=O)[O-])c3ccc(S(=O)(=O)O)cc3C2(C)CCCCC(=O)O)=[N+](CCCS(=O)(=O)[O-])c2ccc(S(=O)(=O)O)cc21. The number of carbonyl (C=O) groups is 1. The zero-order valence-corrected chi connectivity index (χ0v) is 32.4. The smallest absolute Gasteiger partial charge is 0.303 e. The van der Waals surface area contributed by atoms with Crippen molar-refractivity contribution in [2.45, 2.75) is 79.9 Å². The summed E-state index contributed by atoms with van der Waals surface area (Å²) in [6.45, 7) is 5.40. The summed E-state index contributed by atoms with van der Waals surface area (Å²) in [7, 11) is -18.4. The van der Waals surface area contributed by atoms with E-state index >= 15 is 0 Å². The van der Waals surface area contributed by atoms with Gasteiger partial charge in [-0.3, -0.25) is 13.9 Å². The Bertz CT molecular complexity index is 2330. The predicted molar refractivity (Wildman–Crippen MR) is 192 cm³/mol. The van der Waals surface area contributed by atoms with Gasteiger partial charge in [-0.05, 0) is 82.0 Å². The largest absolute Gasteiger partial charge is 0.748 e. The molecule has 2 aromatic carbocycles. The van der Waals surface area contributed by atoms with Crippen LogP contribution >= 0.6 is 0 Å². The van der Waals surface area contributed by atoms with E-state index in [2.05, 4.69) is 0 Å². The predicted octanol–water partition coefficient (Wildman–Crippen LogP) is 3.29. The summed E-state index contributed by atoms with van der Waals surface area (Å²) in [6.07, 6.45) is 5.64. The van der Waals surface area contributed by atoms with Gasteiger partial charge in [0, 0.05) is 65.4 Å². The third-order valence-electron chi connectivity index (χ3n) is 9.55. The van der Waals surface area contributed by atoms with Crippen LogP contribution in [0.4, 0.5) is 11.4 Å². The van der Waals surface area contributed by atoms with Gasteiger partial charge in [-0.1, -0.05) is 12.5 Å². The molecule has 0 aromatic heterocycles. The molecule has 2 heterocycles. The van der Waals surface area contributed by atoms with Crippen LogP contribution in [0.2, 0.25) is 0 Å². The van der Waals surface area contributed by atoms with E-state index in [1.54, 1.807) is 48.5 Å². The van der Waals surface area contributed by atoms with E-state index in [9.17, 15) is 61.8 Å². The molecule has 0 amide bonds. The number of allylic oxidation sites excluding steroid dienone is 4. The van der Waals surface area contributed by atoms with Crippen LogP contribution in [0.1, 0.15) is 70.4 Å². The normalized spacial score (nSPS) is 19.7. The number of hydrogen-bond donors (Lipinski definition) is 3. The van der Waals surface area contributed by atoms with Crippen LogP contribution in [-0.4, -0.2) is 97.8 Å². The van der Waals surface area contributed by atoms with Crippen molar-refractivity contribution in [3.05, 3.63) is 71.5 Å². The second-order valence-corrected chi connectivity index (χ2v) is 19.6. The number of benzene rings is 2. The van der Waals surface area contributed by atoms with Crippen LogP contribution in [0.25, 0.3) is 0 Å². The second-order valence-electron chi connectivity index (χ2n) is 13.7. The van der Waals surface area contributed by atoms with E-state index in [1.807, 2.05) is 0 Å². The van der Waals surface area contributed by atoms with Crippen LogP contribution in [0, 0.1) is 0 Å². The first-order valence-electron chi connectivity index (χ1n) is 16.4.